The smallest absolute Gasteiger partial charge is 0.0569 e. The second-order valence-electron chi connectivity index (χ2n) is 4.59. The fraction of sp³-hybridized carbons (Fsp3) is 0.0625. The largest absolute Gasteiger partial charge is 0.320 e. The first-order chi connectivity index (χ1) is 9.66. The van der Waals surface area contributed by atoms with E-state index >= 15 is 0 Å². The molecule has 100 valence electrons. The van der Waals surface area contributed by atoms with Crippen molar-refractivity contribution in [2.45, 2.75) is 6.04 Å². The summed E-state index contributed by atoms with van der Waals surface area (Å²) in [5.41, 5.74) is 8.71. The molecule has 2 N–H and O–H groups in total. The molecule has 3 aromatic rings. The Balaban J connectivity index is 2.17. The highest BCUT2D eigenvalue weighted by Gasteiger charge is 2.15. The quantitative estimate of drug-likeness (QED) is 0.591. The van der Waals surface area contributed by atoms with Gasteiger partial charge in [-0.25, -0.2) is 0 Å². The number of halogens is 2. The highest BCUT2D eigenvalue weighted by atomic mass is 127. The van der Waals surface area contributed by atoms with Gasteiger partial charge in [0.15, 0.2) is 0 Å². The van der Waals surface area contributed by atoms with E-state index in [0.29, 0.717) is 0 Å². The standard InChI is InChI=1S/C16H12BrIN2/c17-15-5-4-11(18)8-14(15)16(19)13-3-1-2-10-9-20-7-6-12(10)13/h1-9,16H,19H2. The first kappa shape index (κ1) is 14.0. The van der Waals surface area contributed by atoms with Gasteiger partial charge < -0.3 is 5.73 Å². The number of aromatic nitrogens is 1. The molecule has 1 unspecified atom stereocenters. The summed E-state index contributed by atoms with van der Waals surface area (Å²) in [5, 5.41) is 2.27. The van der Waals surface area contributed by atoms with Crippen LogP contribution in [0.15, 0.2) is 59.3 Å². The van der Waals surface area contributed by atoms with Crippen molar-refractivity contribution in [2.75, 3.05) is 0 Å². The van der Waals surface area contributed by atoms with E-state index in [9.17, 15) is 0 Å². The van der Waals surface area contributed by atoms with Crippen molar-refractivity contribution < 1.29 is 0 Å². The van der Waals surface area contributed by atoms with Crippen LogP contribution >= 0.6 is 38.5 Å². The number of nitrogens with two attached hydrogens (primary N) is 1. The molecular weight excluding hydrogens is 427 g/mol. The Morgan fingerprint density at radius 1 is 1.10 bits per heavy atom. The SMILES string of the molecule is NC(c1cc(I)ccc1Br)c1cccc2cnccc12. The summed E-state index contributed by atoms with van der Waals surface area (Å²) in [5.74, 6) is 0. The van der Waals surface area contributed by atoms with Gasteiger partial charge in [-0.1, -0.05) is 34.1 Å². The van der Waals surface area contributed by atoms with E-state index in [4.69, 9.17) is 5.73 Å². The molecule has 0 saturated carbocycles. The Labute approximate surface area is 139 Å². The average molecular weight is 439 g/mol. The summed E-state index contributed by atoms with van der Waals surface area (Å²) in [4.78, 5) is 4.17. The fourth-order valence-electron chi connectivity index (χ4n) is 2.34. The number of hydrogen-bond acceptors (Lipinski definition) is 2. The minimum Gasteiger partial charge on any atom is -0.320 e. The predicted molar refractivity (Wildman–Crippen MR) is 94.6 cm³/mol. The molecule has 0 bridgehead atoms. The van der Waals surface area contributed by atoms with Gasteiger partial charge in [0.05, 0.1) is 6.04 Å². The van der Waals surface area contributed by atoms with Gasteiger partial charge in [0.25, 0.3) is 0 Å². The molecule has 0 spiro atoms. The molecule has 1 aromatic heterocycles. The van der Waals surface area contributed by atoms with Crippen molar-refractivity contribution in [1.29, 1.82) is 0 Å². The Morgan fingerprint density at radius 3 is 2.80 bits per heavy atom. The number of pyridine rings is 1. The van der Waals surface area contributed by atoms with Crippen LogP contribution in [0.2, 0.25) is 0 Å². The number of nitrogens with zero attached hydrogens (tertiary/aromatic N) is 1. The summed E-state index contributed by atoms with van der Waals surface area (Å²) in [6.07, 6.45) is 3.68. The van der Waals surface area contributed by atoms with Crippen LogP contribution in [-0.2, 0) is 0 Å². The lowest BCUT2D eigenvalue weighted by Gasteiger charge is -2.17. The number of fused-ring (bicyclic) bond motifs is 1. The van der Waals surface area contributed by atoms with Crippen LogP contribution in [0.4, 0.5) is 0 Å². The fourth-order valence-corrected chi connectivity index (χ4v) is 3.35. The van der Waals surface area contributed by atoms with Gasteiger partial charge in [0.1, 0.15) is 0 Å². The topological polar surface area (TPSA) is 38.9 Å². The van der Waals surface area contributed by atoms with Crippen LogP contribution < -0.4 is 5.73 Å². The third-order valence-corrected chi connectivity index (χ3v) is 4.74. The monoisotopic (exact) mass is 438 g/mol. The average Bonchev–Trinajstić information content (AvgIpc) is 2.48. The number of benzene rings is 2. The molecular formula is C16H12BrIN2. The minimum atomic E-state index is -0.162. The molecule has 0 aliphatic carbocycles. The zero-order valence-corrected chi connectivity index (χ0v) is 14.3. The number of hydrogen-bond donors (Lipinski definition) is 1. The van der Waals surface area contributed by atoms with Gasteiger partial charge in [-0.05, 0) is 63.4 Å². The highest BCUT2D eigenvalue weighted by Crippen LogP contribution is 2.31. The molecule has 0 amide bonds. The second-order valence-corrected chi connectivity index (χ2v) is 6.69. The summed E-state index contributed by atoms with van der Waals surface area (Å²) in [6, 6.07) is 14.3. The van der Waals surface area contributed by atoms with Gasteiger partial charge in [-0.15, -0.1) is 0 Å². The zero-order valence-electron chi connectivity index (χ0n) is 10.6. The maximum absolute atomic E-state index is 6.50. The van der Waals surface area contributed by atoms with Crippen LogP contribution in [0.3, 0.4) is 0 Å². The van der Waals surface area contributed by atoms with Gasteiger partial charge in [-0.2, -0.15) is 0 Å². The van der Waals surface area contributed by atoms with Crippen molar-refractivity contribution in [3.8, 4) is 0 Å². The lowest BCUT2D eigenvalue weighted by atomic mass is 9.95. The molecule has 0 fully saturated rings. The van der Waals surface area contributed by atoms with Gasteiger partial charge in [0, 0.05) is 25.8 Å². The molecule has 2 nitrogen and oxygen atoms in total. The Morgan fingerprint density at radius 2 is 1.95 bits per heavy atom. The molecule has 4 heteroatoms. The van der Waals surface area contributed by atoms with Crippen LogP contribution in [0.5, 0.6) is 0 Å². The first-order valence-corrected chi connectivity index (χ1v) is 8.07. The summed E-state index contributed by atoms with van der Waals surface area (Å²) in [6.45, 7) is 0. The van der Waals surface area contributed by atoms with Crippen LogP contribution in [-0.4, -0.2) is 4.98 Å². The molecule has 1 heterocycles. The van der Waals surface area contributed by atoms with Crippen molar-refractivity contribution >= 4 is 49.3 Å². The summed E-state index contributed by atoms with van der Waals surface area (Å²) in [7, 11) is 0. The third-order valence-electron chi connectivity index (χ3n) is 3.34. The van der Waals surface area contributed by atoms with E-state index in [1.807, 2.05) is 30.6 Å². The van der Waals surface area contributed by atoms with E-state index in [0.717, 1.165) is 26.4 Å². The lowest BCUT2D eigenvalue weighted by molar-refractivity contribution is 0.873. The summed E-state index contributed by atoms with van der Waals surface area (Å²) >= 11 is 5.90. The number of rotatable bonds is 2. The van der Waals surface area contributed by atoms with Gasteiger partial charge >= 0.3 is 0 Å². The molecule has 1 atom stereocenters. The van der Waals surface area contributed by atoms with Crippen molar-refractivity contribution in [3.05, 3.63) is 74.0 Å². The summed E-state index contributed by atoms with van der Waals surface area (Å²) < 4.78 is 2.22. The van der Waals surface area contributed by atoms with Gasteiger partial charge in [0.2, 0.25) is 0 Å². The molecule has 0 aliphatic heterocycles. The van der Waals surface area contributed by atoms with Crippen molar-refractivity contribution in [3.63, 3.8) is 0 Å². The molecule has 0 saturated heterocycles. The first-order valence-electron chi connectivity index (χ1n) is 6.20. The normalized spacial score (nSPS) is 12.6. The van der Waals surface area contributed by atoms with Gasteiger partial charge in [-0.3, -0.25) is 4.98 Å². The molecule has 0 aliphatic rings. The third kappa shape index (κ3) is 2.60. The maximum Gasteiger partial charge on any atom is 0.0569 e. The van der Waals surface area contributed by atoms with Crippen molar-refractivity contribution in [2.24, 2.45) is 5.73 Å². The maximum atomic E-state index is 6.50. The van der Waals surface area contributed by atoms with Crippen LogP contribution in [0, 0.1) is 3.57 Å². The van der Waals surface area contributed by atoms with E-state index in [1.165, 1.54) is 3.57 Å². The van der Waals surface area contributed by atoms with Crippen molar-refractivity contribution in [1.82, 2.24) is 4.98 Å². The van der Waals surface area contributed by atoms with E-state index in [-0.39, 0.29) is 6.04 Å². The Hall–Kier alpha value is -0.980. The lowest BCUT2D eigenvalue weighted by Crippen LogP contribution is -2.13. The minimum absolute atomic E-state index is 0.162. The molecule has 2 aromatic carbocycles. The van der Waals surface area contributed by atoms with Crippen LogP contribution in [0.1, 0.15) is 17.2 Å². The van der Waals surface area contributed by atoms with E-state index in [1.54, 1.807) is 0 Å². The molecule has 3 rings (SSSR count). The Bertz CT molecular complexity index is 768. The second kappa shape index (κ2) is 5.79. The highest BCUT2D eigenvalue weighted by molar-refractivity contribution is 14.1. The Kier molecular flexibility index (Phi) is 4.05. The zero-order chi connectivity index (χ0) is 14.1. The molecule has 20 heavy (non-hydrogen) atoms. The van der Waals surface area contributed by atoms with E-state index < -0.39 is 0 Å². The predicted octanol–water partition coefficient (Wildman–Crippen LogP) is 4.65. The van der Waals surface area contributed by atoms with Crippen LogP contribution in [0.25, 0.3) is 10.8 Å². The van der Waals surface area contributed by atoms with E-state index in [2.05, 4.69) is 67.8 Å². The molecule has 0 radical (unpaired) electrons.